The number of nitrogens with zero attached hydrogens (tertiary/aromatic N) is 1. The van der Waals surface area contributed by atoms with Crippen molar-refractivity contribution in [1.82, 2.24) is 0 Å². The largest absolute Gasteiger partial charge is 0.481 e. The average molecular weight is 309 g/mol. The number of hydrogen-bond donors (Lipinski definition) is 3. The molecule has 2 fully saturated rings. The number of carboxylic acids is 1. The molecule has 0 aromatic heterocycles. The average Bonchev–Trinajstić information content (AvgIpc) is 2.71. The summed E-state index contributed by atoms with van der Waals surface area (Å²) in [4.78, 5) is 15.5. The van der Waals surface area contributed by atoms with Crippen molar-refractivity contribution in [2.45, 2.75) is 51.2 Å². The molecule has 2 aliphatic carbocycles. The monoisotopic (exact) mass is 309 g/mol. The van der Waals surface area contributed by atoms with Crippen molar-refractivity contribution in [2.24, 2.45) is 22.9 Å². The molecule has 0 aromatic rings. The molecule has 0 bridgehead atoms. The maximum Gasteiger partial charge on any atom is 0.303 e. The van der Waals surface area contributed by atoms with E-state index >= 15 is 0 Å². The van der Waals surface area contributed by atoms with Gasteiger partial charge in [-0.3, -0.25) is 4.79 Å². The van der Waals surface area contributed by atoms with Gasteiger partial charge < -0.3 is 20.2 Å². The highest BCUT2D eigenvalue weighted by Gasteiger charge is 2.51. The van der Waals surface area contributed by atoms with E-state index in [0.717, 1.165) is 12.1 Å². The summed E-state index contributed by atoms with van der Waals surface area (Å²) in [5.74, 6) is 5.35. The molecular formula is C16H23NO5. The maximum atomic E-state index is 10.4. The summed E-state index contributed by atoms with van der Waals surface area (Å²) in [5, 5.41) is 32.2. The van der Waals surface area contributed by atoms with Gasteiger partial charge in [0.1, 0.15) is 12.7 Å². The van der Waals surface area contributed by atoms with Crippen molar-refractivity contribution in [3.8, 4) is 11.8 Å². The molecule has 2 aliphatic rings. The molecule has 0 saturated heterocycles. The number of oxime groups is 1. The van der Waals surface area contributed by atoms with Crippen LogP contribution in [0.4, 0.5) is 0 Å². The van der Waals surface area contributed by atoms with E-state index in [1.54, 1.807) is 0 Å². The Morgan fingerprint density at radius 2 is 2.32 bits per heavy atom. The Labute approximate surface area is 130 Å². The molecule has 122 valence electrons. The molecule has 5 unspecified atom stereocenters. The summed E-state index contributed by atoms with van der Waals surface area (Å²) in [6.07, 6.45) is 1.37. The fourth-order valence-corrected chi connectivity index (χ4v) is 3.02. The van der Waals surface area contributed by atoms with Crippen molar-refractivity contribution in [2.75, 3.05) is 6.61 Å². The number of carboxylic acid groups (broad SMARTS) is 1. The van der Waals surface area contributed by atoms with E-state index in [2.05, 4.69) is 17.0 Å². The van der Waals surface area contributed by atoms with Gasteiger partial charge in [-0.05, 0) is 31.6 Å². The number of aliphatic carboxylic acids is 1. The van der Waals surface area contributed by atoms with E-state index in [9.17, 15) is 15.0 Å². The van der Waals surface area contributed by atoms with E-state index in [1.165, 1.54) is 0 Å². The Bertz CT molecular complexity index is 492. The Balaban J connectivity index is 1.80. The first-order valence-electron chi connectivity index (χ1n) is 7.80. The minimum atomic E-state index is -0.838. The summed E-state index contributed by atoms with van der Waals surface area (Å²) < 4.78 is 0. The van der Waals surface area contributed by atoms with E-state index in [-0.39, 0.29) is 24.2 Å². The standard InChI is InChI=1S/C16H23NO5/c1-2-10(18)5-6-11-12-8-14(13(12)9-15(11)19)17-22-7-3-4-16(20)21/h10-13,15,18-19H,2-4,7-9H2,1H3,(H,20,21). The van der Waals surface area contributed by atoms with Crippen molar-refractivity contribution >= 4 is 11.7 Å². The summed E-state index contributed by atoms with van der Waals surface area (Å²) >= 11 is 0. The van der Waals surface area contributed by atoms with Gasteiger partial charge in [-0.25, -0.2) is 0 Å². The molecule has 0 heterocycles. The SMILES string of the molecule is CCC(O)C#CC1C(O)CC2C(=NOCCCC(=O)O)CC21. The third-order valence-electron chi connectivity index (χ3n) is 4.37. The molecule has 6 heteroatoms. The number of hydrogen-bond acceptors (Lipinski definition) is 5. The molecule has 2 saturated carbocycles. The zero-order valence-electron chi connectivity index (χ0n) is 12.7. The van der Waals surface area contributed by atoms with Gasteiger partial charge in [0.15, 0.2) is 0 Å². The predicted octanol–water partition coefficient (Wildman–Crippen LogP) is 1.01. The molecule has 0 aromatic carbocycles. The summed E-state index contributed by atoms with van der Waals surface area (Å²) in [7, 11) is 0. The lowest BCUT2D eigenvalue weighted by atomic mass is 9.71. The fraction of sp³-hybridized carbons (Fsp3) is 0.750. The van der Waals surface area contributed by atoms with Crippen LogP contribution < -0.4 is 0 Å². The molecule has 0 amide bonds. The molecular weight excluding hydrogens is 286 g/mol. The normalized spacial score (nSPS) is 32.6. The minimum Gasteiger partial charge on any atom is -0.481 e. The van der Waals surface area contributed by atoms with Crippen LogP contribution in [0.5, 0.6) is 0 Å². The summed E-state index contributed by atoms with van der Waals surface area (Å²) in [6.45, 7) is 2.16. The number of aliphatic hydroxyl groups excluding tert-OH is 2. The molecule has 22 heavy (non-hydrogen) atoms. The lowest BCUT2D eigenvalue weighted by Crippen LogP contribution is -2.36. The maximum absolute atomic E-state index is 10.4. The first-order valence-corrected chi connectivity index (χ1v) is 7.80. The molecule has 0 spiro atoms. The molecule has 0 radical (unpaired) electrons. The van der Waals surface area contributed by atoms with Crippen molar-refractivity contribution in [1.29, 1.82) is 0 Å². The second-order valence-corrected chi connectivity index (χ2v) is 5.93. The van der Waals surface area contributed by atoms with Crippen LogP contribution in [0.1, 0.15) is 39.0 Å². The van der Waals surface area contributed by atoms with Gasteiger partial charge in [-0.2, -0.15) is 0 Å². The quantitative estimate of drug-likeness (QED) is 0.386. The van der Waals surface area contributed by atoms with Gasteiger partial charge in [-0.1, -0.05) is 23.9 Å². The van der Waals surface area contributed by atoms with Gasteiger partial charge in [0.25, 0.3) is 0 Å². The summed E-state index contributed by atoms with van der Waals surface area (Å²) in [5.41, 5.74) is 0.930. The number of carbonyl (C=O) groups is 1. The van der Waals surface area contributed by atoms with Crippen LogP contribution in [-0.4, -0.2) is 45.8 Å². The highest BCUT2D eigenvalue weighted by molar-refractivity contribution is 5.93. The van der Waals surface area contributed by atoms with Gasteiger partial charge in [-0.15, -0.1) is 0 Å². The van der Waals surface area contributed by atoms with E-state index in [0.29, 0.717) is 25.9 Å². The third-order valence-corrected chi connectivity index (χ3v) is 4.37. The van der Waals surface area contributed by atoms with E-state index in [1.807, 2.05) is 6.92 Å². The smallest absolute Gasteiger partial charge is 0.303 e. The second-order valence-electron chi connectivity index (χ2n) is 5.93. The van der Waals surface area contributed by atoms with Crippen LogP contribution in [0.2, 0.25) is 0 Å². The van der Waals surface area contributed by atoms with Gasteiger partial charge in [0, 0.05) is 12.3 Å². The van der Waals surface area contributed by atoms with Crippen molar-refractivity contribution < 1.29 is 25.0 Å². The molecule has 5 atom stereocenters. The molecule has 0 aliphatic heterocycles. The van der Waals surface area contributed by atoms with Crippen LogP contribution in [0, 0.1) is 29.6 Å². The number of aliphatic hydroxyl groups is 2. The zero-order chi connectivity index (χ0) is 16.1. The van der Waals surface area contributed by atoms with Crippen molar-refractivity contribution in [3.63, 3.8) is 0 Å². The van der Waals surface area contributed by atoms with Gasteiger partial charge in [0.05, 0.1) is 17.7 Å². The first kappa shape index (κ1) is 16.8. The highest BCUT2D eigenvalue weighted by Crippen LogP contribution is 2.48. The Morgan fingerprint density at radius 3 is 3.00 bits per heavy atom. The number of fused-ring (bicyclic) bond motifs is 1. The molecule has 6 nitrogen and oxygen atoms in total. The lowest BCUT2D eigenvalue weighted by Gasteiger charge is -2.33. The first-order chi connectivity index (χ1) is 10.5. The predicted molar refractivity (Wildman–Crippen MR) is 80.0 cm³/mol. The van der Waals surface area contributed by atoms with E-state index < -0.39 is 18.2 Å². The summed E-state index contributed by atoms with van der Waals surface area (Å²) in [6, 6.07) is 0. The second kappa shape index (κ2) is 7.61. The van der Waals surface area contributed by atoms with Crippen LogP contribution in [0.3, 0.4) is 0 Å². The van der Waals surface area contributed by atoms with Crippen LogP contribution in [0.15, 0.2) is 5.16 Å². The van der Waals surface area contributed by atoms with Gasteiger partial charge >= 0.3 is 5.97 Å². The van der Waals surface area contributed by atoms with E-state index in [4.69, 9.17) is 9.94 Å². The Kier molecular flexibility index (Phi) is 5.81. The number of rotatable bonds is 6. The van der Waals surface area contributed by atoms with Crippen molar-refractivity contribution in [3.05, 3.63) is 0 Å². The Hall–Kier alpha value is -1.58. The van der Waals surface area contributed by atoms with Crippen LogP contribution in [-0.2, 0) is 9.63 Å². The van der Waals surface area contributed by atoms with Gasteiger partial charge in [0.2, 0.25) is 0 Å². The highest BCUT2D eigenvalue weighted by atomic mass is 16.6. The molecule has 2 rings (SSSR count). The van der Waals surface area contributed by atoms with Crippen LogP contribution in [0.25, 0.3) is 0 Å². The topological polar surface area (TPSA) is 99.4 Å². The zero-order valence-corrected chi connectivity index (χ0v) is 12.7. The van der Waals surface area contributed by atoms with Crippen LogP contribution >= 0.6 is 0 Å². The minimum absolute atomic E-state index is 0.0764. The third kappa shape index (κ3) is 3.99. The lowest BCUT2D eigenvalue weighted by molar-refractivity contribution is -0.137. The Morgan fingerprint density at radius 1 is 1.55 bits per heavy atom. The molecule has 3 N–H and O–H groups in total. The fourth-order valence-electron chi connectivity index (χ4n) is 3.02.